The molecule has 0 bridgehead atoms. The van der Waals surface area contributed by atoms with Crippen LogP contribution in [0.4, 0.5) is 0 Å². The maximum Gasteiger partial charge on any atom is 0.238 e. The Hall–Kier alpha value is -2.66. The summed E-state index contributed by atoms with van der Waals surface area (Å²) in [7, 11) is -3.78. The van der Waals surface area contributed by atoms with Crippen molar-refractivity contribution in [3.8, 4) is 23.0 Å². The summed E-state index contributed by atoms with van der Waals surface area (Å²) in [5, 5.41) is 18.7. The molecule has 0 aliphatic carbocycles. The van der Waals surface area contributed by atoms with E-state index in [1.54, 1.807) is 12.1 Å². The summed E-state index contributed by atoms with van der Waals surface area (Å²) in [4.78, 5) is -0.00808. The van der Waals surface area contributed by atoms with Gasteiger partial charge in [0.25, 0.3) is 0 Å². The Labute approximate surface area is 143 Å². The van der Waals surface area contributed by atoms with Crippen molar-refractivity contribution in [1.29, 1.82) is 5.26 Å². The van der Waals surface area contributed by atoms with Crippen molar-refractivity contribution in [2.45, 2.75) is 4.90 Å². The summed E-state index contributed by atoms with van der Waals surface area (Å²) in [5.41, 5.74) is 1.99. The molecule has 1 aromatic heterocycles. The van der Waals surface area contributed by atoms with E-state index in [4.69, 9.17) is 16.7 Å². The maximum atomic E-state index is 11.4. The van der Waals surface area contributed by atoms with Gasteiger partial charge in [-0.05, 0) is 24.3 Å². The average Bonchev–Trinajstić information content (AvgIpc) is 2.91. The van der Waals surface area contributed by atoms with Crippen molar-refractivity contribution >= 4 is 21.6 Å². The first-order valence-electron chi connectivity index (χ1n) is 6.79. The van der Waals surface area contributed by atoms with Gasteiger partial charge in [0.2, 0.25) is 10.0 Å². The van der Waals surface area contributed by atoms with Crippen molar-refractivity contribution in [3.05, 3.63) is 65.3 Å². The topological polar surface area (TPSA) is 102 Å². The molecule has 2 N–H and O–H groups in total. The first-order valence-corrected chi connectivity index (χ1v) is 8.71. The van der Waals surface area contributed by atoms with Crippen LogP contribution in [0.5, 0.6) is 0 Å². The lowest BCUT2D eigenvalue weighted by atomic mass is 10.1. The molecule has 0 aliphatic heterocycles. The molecule has 0 atom stereocenters. The lowest BCUT2D eigenvalue weighted by Crippen LogP contribution is -2.12. The van der Waals surface area contributed by atoms with Crippen molar-refractivity contribution in [3.63, 3.8) is 0 Å². The molecular weight excluding hydrogens is 348 g/mol. The fourth-order valence-electron chi connectivity index (χ4n) is 2.28. The smallest absolute Gasteiger partial charge is 0.230 e. The molecule has 2 aromatic carbocycles. The highest BCUT2D eigenvalue weighted by Crippen LogP contribution is 2.32. The minimum absolute atomic E-state index is 0.00808. The SMILES string of the molecule is N#Cc1nn(-c2ccc(S(N)(=O)=O)cc2)c(-c2ccccc2)c1Cl. The number of benzene rings is 2. The third-order valence-corrected chi connectivity index (χ3v) is 4.68. The van der Waals surface area contributed by atoms with Gasteiger partial charge < -0.3 is 0 Å². The summed E-state index contributed by atoms with van der Waals surface area (Å²) < 4.78 is 24.2. The Morgan fingerprint density at radius 1 is 1.08 bits per heavy atom. The van der Waals surface area contributed by atoms with Gasteiger partial charge in [0, 0.05) is 5.56 Å². The van der Waals surface area contributed by atoms with Crippen LogP contribution in [0.25, 0.3) is 16.9 Å². The largest absolute Gasteiger partial charge is 0.238 e. The molecule has 8 heteroatoms. The molecule has 0 aliphatic rings. The quantitative estimate of drug-likeness (QED) is 0.777. The van der Waals surface area contributed by atoms with Crippen LogP contribution in [0.1, 0.15) is 5.69 Å². The van der Waals surface area contributed by atoms with Crippen molar-refractivity contribution in [2.24, 2.45) is 5.14 Å². The number of rotatable bonds is 3. The summed E-state index contributed by atoms with van der Waals surface area (Å²) in [5.74, 6) is 0. The van der Waals surface area contributed by atoms with Crippen molar-refractivity contribution in [1.82, 2.24) is 9.78 Å². The van der Waals surface area contributed by atoms with Gasteiger partial charge in [-0.2, -0.15) is 10.4 Å². The standard InChI is InChI=1S/C16H11ClN4O2S/c17-15-14(10-18)20-21(16(15)11-4-2-1-3-5-11)12-6-8-13(9-7-12)24(19,22)23/h1-9H,(H2,19,22,23). The minimum Gasteiger partial charge on any atom is -0.230 e. The van der Waals surface area contributed by atoms with Gasteiger partial charge >= 0.3 is 0 Å². The molecule has 3 aromatic rings. The monoisotopic (exact) mass is 358 g/mol. The van der Waals surface area contributed by atoms with E-state index >= 15 is 0 Å². The van der Waals surface area contributed by atoms with Crippen LogP contribution in [0.2, 0.25) is 5.02 Å². The molecule has 0 radical (unpaired) electrons. The van der Waals surface area contributed by atoms with Gasteiger partial charge in [-0.15, -0.1) is 0 Å². The predicted molar refractivity (Wildman–Crippen MR) is 90.1 cm³/mol. The fraction of sp³-hybridized carbons (Fsp3) is 0. The van der Waals surface area contributed by atoms with Crippen LogP contribution >= 0.6 is 11.6 Å². The van der Waals surface area contributed by atoms with Gasteiger partial charge in [0.05, 0.1) is 16.3 Å². The Balaban J connectivity index is 2.20. The van der Waals surface area contributed by atoms with Crippen molar-refractivity contribution in [2.75, 3.05) is 0 Å². The molecular formula is C16H11ClN4O2S. The Bertz CT molecular complexity index is 1040. The third kappa shape index (κ3) is 2.90. The van der Waals surface area contributed by atoms with Crippen LogP contribution in [-0.4, -0.2) is 18.2 Å². The van der Waals surface area contributed by atoms with Crippen LogP contribution in [0.3, 0.4) is 0 Å². The molecule has 120 valence electrons. The molecule has 0 saturated heterocycles. The van der Waals surface area contributed by atoms with Gasteiger partial charge in [0.15, 0.2) is 5.69 Å². The fourth-order valence-corrected chi connectivity index (χ4v) is 3.06. The molecule has 0 fully saturated rings. The molecule has 24 heavy (non-hydrogen) atoms. The van der Waals surface area contributed by atoms with E-state index in [0.717, 1.165) is 5.56 Å². The highest BCUT2D eigenvalue weighted by molar-refractivity contribution is 7.89. The molecule has 3 rings (SSSR count). The highest BCUT2D eigenvalue weighted by Gasteiger charge is 2.19. The molecule has 6 nitrogen and oxygen atoms in total. The van der Waals surface area contributed by atoms with E-state index in [0.29, 0.717) is 11.4 Å². The number of aromatic nitrogens is 2. The van der Waals surface area contributed by atoms with E-state index in [9.17, 15) is 13.7 Å². The number of nitriles is 1. The van der Waals surface area contributed by atoms with Crippen LogP contribution in [0, 0.1) is 11.3 Å². The third-order valence-electron chi connectivity index (χ3n) is 3.39. The predicted octanol–water partition coefficient (Wildman–Crippen LogP) is 2.71. The molecule has 0 unspecified atom stereocenters. The number of nitrogens with zero attached hydrogens (tertiary/aromatic N) is 3. The van der Waals surface area contributed by atoms with E-state index in [-0.39, 0.29) is 15.6 Å². The normalized spacial score (nSPS) is 11.2. The summed E-state index contributed by atoms with van der Waals surface area (Å²) in [6.45, 7) is 0. The summed E-state index contributed by atoms with van der Waals surface area (Å²) >= 11 is 6.30. The van der Waals surface area contributed by atoms with Crippen LogP contribution in [-0.2, 0) is 10.0 Å². The van der Waals surface area contributed by atoms with E-state index in [2.05, 4.69) is 5.10 Å². The number of hydrogen-bond donors (Lipinski definition) is 1. The Kier molecular flexibility index (Phi) is 4.11. The number of sulfonamides is 1. The lowest BCUT2D eigenvalue weighted by molar-refractivity contribution is 0.598. The van der Waals surface area contributed by atoms with Gasteiger partial charge in [-0.25, -0.2) is 18.2 Å². The van der Waals surface area contributed by atoms with E-state index in [1.807, 2.05) is 36.4 Å². The zero-order valence-electron chi connectivity index (χ0n) is 12.2. The molecule has 0 amide bonds. The second-order valence-corrected chi connectivity index (χ2v) is 6.88. The lowest BCUT2D eigenvalue weighted by Gasteiger charge is -2.08. The zero-order chi connectivity index (χ0) is 17.3. The Morgan fingerprint density at radius 3 is 2.25 bits per heavy atom. The van der Waals surface area contributed by atoms with Crippen LogP contribution in [0.15, 0.2) is 59.5 Å². The Morgan fingerprint density at radius 2 is 1.71 bits per heavy atom. The molecule has 1 heterocycles. The maximum absolute atomic E-state index is 11.4. The average molecular weight is 359 g/mol. The zero-order valence-corrected chi connectivity index (χ0v) is 13.8. The number of hydrogen-bond acceptors (Lipinski definition) is 4. The second kappa shape index (κ2) is 6.09. The van der Waals surface area contributed by atoms with Gasteiger partial charge in [-0.1, -0.05) is 41.9 Å². The van der Waals surface area contributed by atoms with Crippen LogP contribution < -0.4 is 5.14 Å². The van der Waals surface area contributed by atoms with E-state index in [1.165, 1.54) is 16.8 Å². The van der Waals surface area contributed by atoms with Crippen molar-refractivity contribution < 1.29 is 8.42 Å². The molecule has 0 saturated carbocycles. The molecule has 0 spiro atoms. The summed E-state index contributed by atoms with van der Waals surface area (Å²) in [6.07, 6.45) is 0. The van der Waals surface area contributed by atoms with Gasteiger partial charge in [-0.3, -0.25) is 0 Å². The summed E-state index contributed by atoms with van der Waals surface area (Å²) in [6, 6.07) is 17.1. The highest BCUT2D eigenvalue weighted by atomic mass is 35.5. The number of nitrogens with two attached hydrogens (primary N) is 1. The number of primary sulfonamides is 1. The second-order valence-electron chi connectivity index (χ2n) is 4.94. The number of halogens is 1. The first-order chi connectivity index (χ1) is 11.4. The minimum atomic E-state index is -3.78. The first kappa shape index (κ1) is 16.2. The van der Waals surface area contributed by atoms with Gasteiger partial charge in [0.1, 0.15) is 11.1 Å². The van der Waals surface area contributed by atoms with E-state index < -0.39 is 10.0 Å².